The van der Waals surface area contributed by atoms with Crippen LogP contribution >= 0.6 is 0 Å². The van der Waals surface area contributed by atoms with Gasteiger partial charge in [0, 0.05) is 6.26 Å². The number of hydrogen-bond acceptors (Lipinski definition) is 5. The lowest BCUT2D eigenvalue weighted by atomic mass is 10.3. The number of carboxylic acids is 1. The van der Waals surface area contributed by atoms with Crippen molar-refractivity contribution in [3.05, 3.63) is 0 Å². The van der Waals surface area contributed by atoms with Gasteiger partial charge in [-0.15, -0.1) is 0 Å². The standard InChI is InChI=1S/C7H10N2O5S/c1-15(13,14)3-2-9-6(10)4-5(8-9)7(11)12/h2-4H2,1H3,(H,11,12). The normalized spacial score (nSPS) is 16.7. The SMILES string of the molecule is CS(=O)(=O)CCN1N=C(C(=O)O)CC1=O. The Balaban J connectivity index is 2.64. The summed E-state index contributed by atoms with van der Waals surface area (Å²) in [4.78, 5) is 21.6. The first kappa shape index (κ1) is 11.6. The second kappa shape index (κ2) is 3.97. The van der Waals surface area contributed by atoms with Crippen LogP contribution in [-0.2, 0) is 19.4 Å². The van der Waals surface area contributed by atoms with Crippen LogP contribution in [0.2, 0.25) is 0 Å². The van der Waals surface area contributed by atoms with E-state index in [9.17, 15) is 18.0 Å². The molecule has 8 heteroatoms. The van der Waals surface area contributed by atoms with E-state index in [-0.39, 0.29) is 24.4 Å². The van der Waals surface area contributed by atoms with Gasteiger partial charge in [0.2, 0.25) is 5.91 Å². The number of aliphatic carboxylic acids is 1. The Labute approximate surface area is 86.3 Å². The molecule has 1 rings (SSSR count). The molecule has 1 aliphatic rings. The minimum atomic E-state index is -3.18. The summed E-state index contributed by atoms with van der Waals surface area (Å²) >= 11 is 0. The number of hydrogen-bond donors (Lipinski definition) is 1. The van der Waals surface area contributed by atoms with E-state index in [1.165, 1.54) is 0 Å². The molecule has 7 nitrogen and oxygen atoms in total. The monoisotopic (exact) mass is 234 g/mol. The smallest absolute Gasteiger partial charge is 0.352 e. The highest BCUT2D eigenvalue weighted by Gasteiger charge is 2.28. The van der Waals surface area contributed by atoms with Crippen LogP contribution in [0, 0.1) is 0 Å². The quantitative estimate of drug-likeness (QED) is 0.651. The van der Waals surface area contributed by atoms with Crippen LogP contribution in [0.15, 0.2) is 5.10 Å². The molecule has 0 saturated carbocycles. The fourth-order valence-corrected chi connectivity index (χ4v) is 1.52. The summed E-state index contributed by atoms with van der Waals surface area (Å²) in [6.07, 6.45) is 0.758. The van der Waals surface area contributed by atoms with Crippen LogP contribution in [0.1, 0.15) is 6.42 Å². The van der Waals surface area contributed by atoms with E-state index < -0.39 is 21.7 Å². The lowest BCUT2D eigenvalue weighted by molar-refractivity contribution is -0.130. The number of nitrogens with zero attached hydrogens (tertiary/aromatic N) is 2. The van der Waals surface area contributed by atoms with Crippen LogP contribution in [0.25, 0.3) is 0 Å². The molecule has 0 aromatic carbocycles. The number of sulfone groups is 1. The highest BCUT2D eigenvalue weighted by molar-refractivity contribution is 7.90. The summed E-state index contributed by atoms with van der Waals surface area (Å²) in [5, 5.41) is 12.9. The van der Waals surface area contributed by atoms with Crippen molar-refractivity contribution in [1.82, 2.24) is 5.01 Å². The molecule has 0 aromatic heterocycles. The molecule has 1 N–H and O–H groups in total. The summed E-state index contributed by atoms with van der Waals surface area (Å²) in [5.74, 6) is -1.98. The average Bonchev–Trinajstić information content (AvgIpc) is 2.42. The fraction of sp³-hybridized carbons (Fsp3) is 0.571. The molecule has 0 aliphatic carbocycles. The zero-order valence-corrected chi connectivity index (χ0v) is 8.82. The van der Waals surface area contributed by atoms with Crippen LogP contribution in [0.3, 0.4) is 0 Å². The first-order chi connectivity index (χ1) is 6.79. The Morgan fingerprint density at radius 1 is 1.60 bits per heavy atom. The number of rotatable bonds is 4. The Kier molecular flexibility index (Phi) is 3.08. The maximum Gasteiger partial charge on any atom is 0.352 e. The van der Waals surface area contributed by atoms with Gasteiger partial charge in [-0.05, 0) is 0 Å². The van der Waals surface area contributed by atoms with Gasteiger partial charge in [-0.1, -0.05) is 0 Å². The highest BCUT2D eigenvalue weighted by Crippen LogP contribution is 2.08. The number of carbonyl (C=O) groups excluding carboxylic acids is 1. The molecular formula is C7H10N2O5S. The second-order valence-corrected chi connectivity index (χ2v) is 5.44. The van der Waals surface area contributed by atoms with Crippen molar-refractivity contribution in [2.75, 3.05) is 18.6 Å². The molecule has 1 heterocycles. The van der Waals surface area contributed by atoms with Crippen LogP contribution < -0.4 is 0 Å². The molecule has 0 radical (unpaired) electrons. The van der Waals surface area contributed by atoms with Crippen molar-refractivity contribution in [3.8, 4) is 0 Å². The van der Waals surface area contributed by atoms with Gasteiger partial charge < -0.3 is 5.11 Å². The van der Waals surface area contributed by atoms with Crippen molar-refractivity contribution in [2.45, 2.75) is 6.42 Å². The summed E-state index contributed by atoms with van der Waals surface area (Å²) in [7, 11) is -3.18. The zero-order valence-electron chi connectivity index (χ0n) is 8.00. The van der Waals surface area contributed by atoms with E-state index in [1.54, 1.807) is 0 Å². The summed E-state index contributed by atoms with van der Waals surface area (Å²) in [6.45, 7) is -0.103. The van der Waals surface area contributed by atoms with Crippen molar-refractivity contribution < 1.29 is 23.1 Å². The van der Waals surface area contributed by atoms with Crippen LogP contribution in [-0.4, -0.2) is 54.7 Å². The van der Waals surface area contributed by atoms with Gasteiger partial charge in [-0.2, -0.15) is 5.10 Å². The Morgan fingerprint density at radius 2 is 2.20 bits per heavy atom. The largest absolute Gasteiger partial charge is 0.477 e. The minimum absolute atomic E-state index is 0.103. The van der Waals surface area contributed by atoms with Crippen molar-refractivity contribution in [1.29, 1.82) is 0 Å². The molecular weight excluding hydrogens is 224 g/mol. The van der Waals surface area contributed by atoms with Crippen molar-refractivity contribution >= 4 is 27.4 Å². The molecule has 0 bridgehead atoms. The van der Waals surface area contributed by atoms with Crippen LogP contribution in [0.4, 0.5) is 0 Å². The molecule has 84 valence electrons. The molecule has 1 amide bonds. The highest BCUT2D eigenvalue weighted by atomic mass is 32.2. The van der Waals surface area contributed by atoms with E-state index in [1.807, 2.05) is 0 Å². The van der Waals surface area contributed by atoms with Gasteiger partial charge in [-0.25, -0.2) is 18.2 Å². The first-order valence-corrected chi connectivity index (χ1v) is 6.14. The van der Waals surface area contributed by atoms with Gasteiger partial charge in [0.25, 0.3) is 0 Å². The van der Waals surface area contributed by atoms with Crippen LogP contribution in [0.5, 0.6) is 0 Å². The lowest BCUT2D eigenvalue weighted by Gasteiger charge is -2.09. The van der Waals surface area contributed by atoms with E-state index in [2.05, 4.69) is 5.10 Å². The molecule has 0 fully saturated rings. The van der Waals surface area contributed by atoms with Gasteiger partial charge in [0.15, 0.2) is 5.71 Å². The number of carboxylic acid groups (broad SMARTS) is 1. The van der Waals surface area contributed by atoms with E-state index in [0.717, 1.165) is 11.3 Å². The maximum absolute atomic E-state index is 11.2. The average molecular weight is 234 g/mol. The number of amides is 1. The van der Waals surface area contributed by atoms with Gasteiger partial charge in [-0.3, -0.25) is 4.79 Å². The molecule has 0 unspecified atom stereocenters. The molecule has 0 saturated heterocycles. The first-order valence-electron chi connectivity index (χ1n) is 4.08. The van der Waals surface area contributed by atoms with E-state index in [0.29, 0.717) is 0 Å². The third kappa shape index (κ3) is 3.31. The topological polar surface area (TPSA) is 104 Å². The third-order valence-corrected chi connectivity index (χ3v) is 2.69. The zero-order chi connectivity index (χ0) is 11.6. The number of hydrazone groups is 1. The molecule has 1 aliphatic heterocycles. The van der Waals surface area contributed by atoms with Crippen molar-refractivity contribution in [2.24, 2.45) is 5.10 Å². The Morgan fingerprint density at radius 3 is 2.60 bits per heavy atom. The summed E-state index contributed by atoms with van der Waals surface area (Å²) in [5.41, 5.74) is -0.256. The maximum atomic E-state index is 11.2. The second-order valence-electron chi connectivity index (χ2n) is 3.18. The third-order valence-electron chi connectivity index (χ3n) is 1.77. The minimum Gasteiger partial charge on any atom is -0.477 e. The van der Waals surface area contributed by atoms with E-state index >= 15 is 0 Å². The predicted octanol–water partition coefficient (Wildman–Crippen LogP) is -1.30. The summed E-state index contributed by atoms with van der Waals surface area (Å²) < 4.78 is 21.6. The van der Waals surface area contributed by atoms with Gasteiger partial charge in [0.1, 0.15) is 9.84 Å². The van der Waals surface area contributed by atoms with E-state index in [4.69, 9.17) is 5.11 Å². The molecule has 0 aromatic rings. The molecule has 0 spiro atoms. The molecule has 15 heavy (non-hydrogen) atoms. The Hall–Kier alpha value is -1.44. The predicted molar refractivity (Wildman–Crippen MR) is 51.1 cm³/mol. The molecule has 0 atom stereocenters. The van der Waals surface area contributed by atoms with Gasteiger partial charge in [0.05, 0.1) is 18.7 Å². The lowest BCUT2D eigenvalue weighted by Crippen LogP contribution is -2.26. The van der Waals surface area contributed by atoms with Gasteiger partial charge >= 0.3 is 5.97 Å². The number of carbonyl (C=O) groups is 2. The summed E-state index contributed by atoms with van der Waals surface area (Å²) in [6, 6.07) is 0. The van der Waals surface area contributed by atoms with Crippen molar-refractivity contribution in [3.63, 3.8) is 0 Å². The fourth-order valence-electron chi connectivity index (χ4n) is 1.02. The Bertz CT molecular complexity index is 425.